The van der Waals surface area contributed by atoms with Crippen LogP contribution in [0.2, 0.25) is 0 Å². The van der Waals surface area contributed by atoms with Gasteiger partial charge < -0.3 is 41.2 Å². The summed E-state index contributed by atoms with van der Waals surface area (Å²) in [6.07, 6.45) is -5.23. The Bertz CT molecular complexity index is 283. The third-order valence-electron chi connectivity index (χ3n) is 1.79. The second-order valence-electron chi connectivity index (χ2n) is 3.41. The molecule has 4 atom stereocenters. The van der Waals surface area contributed by atoms with Crippen molar-refractivity contribution in [2.24, 2.45) is 5.73 Å². The van der Waals surface area contributed by atoms with Crippen LogP contribution in [0.5, 0.6) is 0 Å². The molecule has 0 bridgehead atoms. The lowest BCUT2D eigenvalue weighted by Crippen LogP contribution is -2.49. The minimum Gasteiger partial charge on any atom is -0.481 e. The van der Waals surface area contributed by atoms with Gasteiger partial charge in [-0.25, -0.2) is 0 Å². The molecule has 0 rings (SSSR count). The Balaban J connectivity index is 0. The number of carbonyl (C=O) groups is 3. The highest BCUT2D eigenvalue weighted by molar-refractivity contribution is 5.88. The molecule has 0 saturated carbocycles. The zero-order valence-electron chi connectivity index (χ0n) is 9.79. The number of carboxylic acids is 2. The number of aliphatic hydroxyl groups excluding tert-OH is 4. The lowest BCUT2D eigenvalue weighted by molar-refractivity contribution is -0.147. The van der Waals surface area contributed by atoms with E-state index in [1.165, 1.54) is 0 Å². The predicted octanol–water partition coefficient (Wildman–Crippen LogP) is -3.87. The van der Waals surface area contributed by atoms with Gasteiger partial charge >= 0.3 is 11.9 Å². The maximum Gasteiger partial charge on any atom is 0.314 e. The van der Waals surface area contributed by atoms with E-state index in [-0.39, 0.29) is 6.29 Å². The first-order valence-corrected chi connectivity index (χ1v) is 4.96. The van der Waals surface area contributed by atoms with Crippen LogP contribution in [0.15, 0.2) is 0 Å². The molecule has 0 spiro atoms. The van der Waals surface area contributed by atoms with E-state index in [9.17, 15) is 14.4 Å². The summed E-state index contributed by atoms with van der Waals surface area (Å²) in [6, 6.07) is -1.26. The third kappa shape index (κ3) is 10.1. The molecule has 8 N–H and O–H groups in total. The maximum absolute atomic E-state index is 10.0. The summed E-state index contributed by atoms with van der Waals surface area (Å²) >= 11 is 0. The number of rotatable bonds is 7. The number of hydrogen-bond donors (Lipinski definition) is 7. The molecule has 0 fully saturated rings. The average molecular weight is 283 g/mol. The van der Waals surface area contributed by atoms with Crippen LogP contribution in [0, 0.1) is 0 Å². The van der Waals surface area contributed by atoms with Crippen molar-refractivity contribution >= 4 is 18.2 Å². The van der Waals surface area contributed by atoms with Gasteiger partial charge in [0.05, 0.1) is 12.6 Å². The van der Waals surface area contributed by atoms with Gasteiger partial charge in [-0.05, 0) is 0 Å². The van der Waals surface area contributed by atoms with E-state index in [1.807, 2.05) is 0 Å². The Kier molecular flexibility index (Phi) is 10.7. The Hall–Kier alpha value is -1.59. The molecule has 10 heteroatoms. The van der Waals surface area contributed by atoms with Crippen LogP contribution in [-0.4, -0.2) is 79.8 Å². The Labute approximate surface area is 107 Å². The van der Waals surface area contributed by atoms with Crippen LogP contribution in [0.25, 0.3) is 0 Å². The molecule has 0 heterocycles. The normalized spacial score (nSPS) is 16.3. The monoisotopic (exact) mass is 283 g/mol. The lowest BCUT2D eigenvalue weighted by Gasteiger charge is -2.23. The highest BCUT2D eigenvalue weighted by Crippen LogP contribution is 2.01. The zero-order valence-corrected chi connectivity index (χ0v) is 9.79. The quantitative estimate of drug-likeness (QED) is 0.179. The highest BCUT2D eigenvalue weighted by Gasteiger charge is 2.28. The minimum absolute atomic E-state index is 0.248. The van der Waals surface area contributed by atoms with E-state index in [0.29, 0.717) is 0 Å². The van der Waals surface area contributed by atoms with Crippen molar-refractivity contribution in [3.63, 3.8) is 0 Å². The Morgan fingerprint density at radius 3 is 1.68 bits per heavy atom. The molecule has 0 aromatic heterocycles. The smallest absolute Gasteiger partial charge is 0.314 e. The van der Waals surface area contributed by atoms with Crippen LogP contribution in [-0.2, 0) is 14.4 Å². The molecular formula is C9H17NO9. The number of carboxylic acid groups (broad SMARTS) is 2. The number of aliphatic carboxylic acids is 2. The first-order valence-electron chi connectivity index (χ1n) is 4.96. The van der Waals surface area contributed by atoms with Gasteiger partial charge in [0, 0.05) is 0 Å². The fourth-order valence-electron chi connectivity index (χ4n) is 0.773. The van der Waals surface area contributed by atoms with Gasteiger partial charge in [0.1, 0.15) is 31.0 Å². The number of hydrogen-bond acceptors (Lipinski definition) is 8. The predicted molar refractivity (Wildman–Crippen MR) is 59.0 cm³/mol. The van der Waals surface area contributed by atoms with Crippen LogP contribution in [0.3, 0.4) is 0 Å². The van der Waals surface area contributed by atoms with E-state index in [0.717, 1.165) is 0 Å². The summed E-state index contributed by atoms with van der Waals surface area (Å²) in [7, 11) is 0. The highest BCUT2D eigenvalue weighted by atomic mass is 16.4. The molecule has 0 unspecified atom stereocenters. The van der Waals surface area contributed by atoms with E-state index in [2.05, 4.69) is 0 Å². The molecular weight excluding hydrogens is 266 g/mol. The molecule has 0 aromatic rings. The summed E-state index contributed by atoms with van der Waals surface area (Å²) < 4.78 is 0. The van der Waals surface area contributed by atoms with Crippen LogP contribution in [0.1, 0.15) is 6.42 Å². The van der Waals surface area contributed by atoms with Gasteiger partial charge in [-0.2, -0.15) is 0 Å². The van der Waals surface area contributed by atoms with Crippen molar-refractivity contribution in [2.75, 3.05) is 6.61 Å². The van der Waals surface area contributed by atoms with Gasteiger partial charge in [0.2, 0.25) is 0 Å². The molecule has 0 aromatic carbocycles. The SMILES string of the molecule is N[C@@H](C=O)[C@@H](O)[C@H](O)[C@H](O)CO.O=C(O)CC(=O)O. The standard InChI is InChI=1S/C6H13NO5.C3H4O4/c7-3(1-8)5(11)6(12)4(10)2-9;4-2(5)1-3(6)7/h1,3-6,9-12H,2,7H2;1H2,(H,4,5)(H,6,7)/t3-,4+,5+,6+;/m0./s1. The van der Waals surface area contributed by atoms with Crippen molar-refractivity contribution in [1.29, 1.82) is 0 Å². The molecule has 19 heavy (non-hydrogen) atoms. The van der Waals surface area contributed by atoms with Crippen molar-refractivity contribution in [1.82, 2.24) is 0 Å². The fraction of sp³-hybridized carbons (Fsp3) is 0.667. The summed E-state index contributed by atoms with van der Waals surface area (Å²) in [5.41, 5.74) is 5.04. The molecule has 0 aliphatic rings. The zero-order chi connectivity index (χ0) is 15.6. The largest absolute Gasteiger partial charge is 0.481 e. The van der Waals surface area contributed by atoms with Crippen molar-refractivity contribution in [3.05, 3.63) is 0 Å². The first kappa shape index (κ1) is 19.7. The van der Waals surface area contributed by atoms with Crippen LogP contribution >= 0.6 is 0 Å². The summed E-state index contributed by atoms with van der Waals surface area (Å²) in [6.45, 7) is -0.705. The maximum atomic E-state index is 10.0. The molecule has 0 aliphatic carbocycles. The van der Waals surface area contributed by atoms with Crippen LogP contribution < -0.4 is 5.73 Å². The second-order valence-corrected chi connectivity index (χ2v) is 3.41. The van der Waals surface area contributed by atoms with Crippen molar-refractivity contribution in [2.45, 2.75) is 30.8 Å². The summed E-state index contributed by atoms with van der Waals surface area (Å²) in [4.78, 5) is 28.9. The number of aliphatic hydroxyl groups is 4. The number of nitrogens with two attached hydrogens (primary N) is 1. The van der Waals surface area contributed by atoms with Gasteiger partial charge in [-0.15, -0.1) is 0 Å². The third-order valence-corrected chi connectivity index (χ3v) is 1.79. The topological polar surface area (TPSA) is 199 Å². The van der Waals surface area contributed by atoms with E-state index >= 15 is 0 Å². The number of carbonyl (C=O) groups excluding carboxylic acids is 1. The van der Waals surface area contributed by atoms with E-state index < -0.39 is 49.3 Å². The van der Waals surface area contributed by atoms with E-state index in [4.69, 9.17) is 36.4 Å². The molecule has 0 amide bonds. The molecule has 0 aliphatic heterocycles. The molecule has 0 saturated heterocycles. The first-order chi connectivity index (χ1) is 8.67. The van der Waals surface area contributed by atoms with Crippen molar-refractivity contribution in [3.8, 4) is 0 Å². The van der Waals surface area contributed by atoms with Gasteiger partial charge in [0.25, 0.3) is 0 Å². The van der Waals surface area contributed by atoms with E-state index in [1.54, 1.807) is 0 Å². The second kappa shape index (κ2) is 10.3. The average Bonchev–Trinajstić information content (AvgIpc) is 2.34. The summed E-state index contributed by atoms with van der Waals surface area (Å²) in [5.74, 6) is -2.62. The van der Waals surface area contributed by atoms with Gasteiger partial charge in [0.15, 0.2) is 0 Å². The Morgan fingerprint density at radius 1 is 1.05 bits per heavy atom. The summed E-state index contributed by atoms with van der Waals surface area (Å²) in [5, 5.41) is 50.6. The van der Waals surface area contributed by atoms with Crippen LogP contribution in [0.4, 0.5) is 0 Å². The fourth-order valence-corrected chi connectivity index (χ4v) is 0.773. The lowest BCUT2D eigenvalue weighted by atomic mass is 10.0. The number of aldehydes is 1. The molecule has 0 radical (unpaired) electrons. The Morgan fingerprint density at radius 2 is 1.47 bits per heavy atom. The molecule has 112 valence electrons. The van der Waals surface area contributed by atoms with Gasteiger partial charge in [-0.1, -0.05) is 0 Å². The van der Waals surface area contributed by atoms with Crippen molar-refractivity contribution < 1.29 is 45.0 Å². The minimum atomic E-state index is -1.62. The molecule has 10 nitrogen and oxygen atoms in total. The van der Waals surface area contributed by atoms with Gasteiger partial charge in [-0.3, -0.25) is 9.59 Å².